The molecule has 3 heteroatoms. The number of amides is 1. The van der Waals surface area contributed by atoms with Crippen LogP contribution < -0.4 is 0 Å². The molecule has 0 heterocycles. The van der Waals surface area contributed by atoms with Gasteiger partial charge in [0, 0.05) is 6.54 Å². The standard InChI is InChI=1S/C9H13NOS/c1-2-5-10(9(11)7-12)6-8-3-4-8/h1,8,12H,3-7H2. The fourth-order valence-electron chi connectivity index (χ4n) is 1.08. The molecular formula is C9H13NOS. The number of carbonyl (C=O) groups is 1. The molecule has 0 aromatic rings. The number of nitrogens with zero attached hydrogens (tertiary/aromatic N) is 1. The van der Waals surface area contributed by atoms with E-state index in [2.05, 4.69) is 18.5 Å². The largest absolute Gasteiger partial charge is 0.331 e. The van der Waals surface area contributed by atoms with Crippen LogP contribution in [0.4, 0.5) is 0 Å². The van der Waals surface area contributed by atoms with Gasteiger partial charge >= 0.3 is 0 Å². The second kappa shape index (κ2) is 4.42. The Bertz CT molecular complexity index is 205. The normalized spacial score (nSPS) is 15.3. The van der Waals surface area contributed by atoms with E-state index in [0.29, 0.717) is 12.5 Å². The number of carbonyl (C=O) groups excluding carboxylic acids is 1. The SMILES string of the molecule is C#CCN(CC1CC1)C(=O)CS. The zero-order valence-electron chi connectivity index (χ0n) is 6.99. The van der Waals surface area contributed by atoms with Gasteiger partial charge < -0.3 is 4.90 Å². The van der Waals surface area contributed by atoms with Crippen LogP contribution in [-0.4, -0.2) is 29.6 Å². The smallest absolute Gasteiger partial charge is 0.233 e. The maximum absolute atomic E-state index is 11.2. The minimum absolute atomic E-state index is 0.0446. The molecule has 0 saturated heterocycles. The van der Waals surface area contributed by atoms with Crippen molar-refractivity contribution in [2.45, 2.75) is 12.8 Å². The molecule has 2 nitrogen and oxygen atoms in total. The molecule has 0 atom stereocenters. The molecule has 0 bridgehead atoms. The molecule has 1 saturated carbocycles. The lowest BCUT2D eigenvalue weighted by molar-refractivity contribution is -0.127. The molecule has 0 aromatic carbocycles. The van der Waals surface area contributed by atoms with E-state index in [1.54, 1.807) is 4.90 Å². The first-order valence-electron chi connectivity index (χ1n) is 4.10. The first-order valence-corrected chi connectivity index (χ1v) is 4.73. The Hall–Kier alpha value is -0.620. The molecule has 1 aliphatic carbocycles. The molecule has 0 aliphatic heterocycles. The molecule has 0 radical (unpaired) electrons. The summed E-state index contributed by atoms with van der Waals surface area (Å²) < 4.78 is 0. The number of terminal acetylenes is 1. The van der Waals surface area contributed by atoms with Crippen molar-refractivity contribution in [3.05, 3.63) is 0 Å². The molecule has 0 unspecified atom stereocenters. The fraction of sp³-hybridized carbons (Fsp3) is 0.667. The van der Waals surface area contributed by atoms with Gasteiger partial charge in [0.15, 0.2) is 0 Å². The number of hydrogen-bond acceptors (Lipinski definition) is 2. The zero-order valence-corrected chi connectivity index (χ0v) is 7.89. The van der Waals surface area contributed by atoms with E-state index in [1.807, 2.05) is 0 Å². The first-order chi connectivity index (χ1) is 5.77. The van der Waals surface area contributed by atoms with Crippen LogP contribution in [0.5, 0.6) is 0 Å². The molecule has 1 rings (SSSR count). The summed E-state index contributed by atoms with van der Waals surface area (Å²) in [6.07, 6.45) is 7.62. The van der Waals surface area contributed by atoms with Crippen molar-refractivity contribution >= 4 is 18.5 Å². The highest BCUT2D eigenvalue weighted by Crippen LogP contribution is 2.29. The lowest BCUT2D eigenvalue weighted by atomic mass is 10.3. The van der Waals surface area contributed by atoms with Crippen molar-refractivity contribution < 1.29 is 4.79 Å². The average molecular weight is 183 g/mol. The molecule has 0 N–H and O–H groups in total. The Morgan fingerprint density at radius 1 is 1.67 bits per heavy atom. The van der Waals surface area contributed by atoms with E-state index in [0.717, 1.165) is 6.54 Å². The van der Waals surface area contributed by atoms with E-state index in [9.17, 15) is 4.79 Å². The Morgan fingerprint density at radius 3 is 2.75 bits per heavy atom. The van der Waals surface area contributed by atoms with Crippen LogP contribution in [0, 0.1) is 18.3 Å². The maximum Gasteiger partial charge on any atom is 0.233 e. The van der Waals surface area contributed by atoms with E-state index in [4.69, 9.17) is 6.42 Å². The van der Waals surface area contributed by atoms with Crippen molar-refractivity contribution in [2.24, 2.45) is 5.92 Å². The van der Waals surface area contributed by atoms with Gasteiger partial charge in [-0.3, -0.25) is 4.79 Å². The Morgan fingerprint density at radius 2 is 2.33 bits per heavy atom. The van der Waals surface area contributed by atoms with E-state index in [1.165, 1.54) is 12.8 Å². The zero-order chi connectivity index (χ0) is 8.97. The lowest BCUT2D eigenvalue weighted by Gasteiger charge is -2.18. The van der Waals surface area contributed by atoms with Crippen LogP contribution >= 0.6 is 12.6 Å². The molecular weight excluding hydrogens is 170 g/mol. The van der Waals surface area contributed by atoms with Gasteiger partial charge in [0.05, 0.1) is 12.3 Å². The molecule has 0 aromatic heterocycles. The van der Waals surface area contributed by atoms with Gasteiger partial charge in [-0.25, -0.2) is 0 Å². The summed E-state index contributed by atoms with van der Waals surface area (Å²) in [4.78, 5) is 12.9. The summed E-state index contributed by atoms with van der Waals surface area (Å²) in [6, 6.07) is 0. The Kier molecular flexibility index (Phi) is 3.48. The third-order valence-corrected chi connectivity index (χ3v) is 2.22. The molecule has 1 aliphatic rings. The third kappa shape index (κ3) is 2.78. The van der Waals surface area contributed by atoms with E-state index in [-0.39, 0.29) is 11.7 Å². The van der Waals surface area contributed by atoms with Crippen molar-refractivity contribution in [1.29, 1.82) is 0 Å². The fourth-order valence-corrected chi connectivity index (χ4v) is 1.28. The summed E-state index contributed by atoms with van der Waals surface area (Å²) in [5, 5.41) is 0. The van der Waals surface area contributed by atoms with Crippen LogP contribution in [0.2, 0.25) is 0 Å². The van der Waals surface area contributed by atoms with Crippen molar-refractivity contribution in [2.75, 3.05) is 18.8 Å². The Balaban J connectivity index is 2.36. The predicted octanol–water partition coefficient (Wildman–Crippen LogP) is 0.788. The van der Waals surface area contributed by atoms with E-state index >= 15 is 0 Å². The van der Waals surface area contributed by atoms with Gasteiger partial charge in [-0.05, 0) is 18.8 Å². The summed E-state index contributed by atoms with van der Waals surface area (Å²) >= 11 is 3.93. The summed E-state index contributed by atoms with van der Waals surface area (Å²) in [5.74, 6) is 3.49. The van der Waals surface area contributed by atoms with Gasteiger partial charge in [-0.15, -0.1) is 6.42 Å². The lowest BCUT2D eigenvalue weighted by Crippen LogP contribution is -2.34. The monoisotopic (exact) mass is 183 g/mol. The van der Waals surface area contributed by atoms with Crippen LogP contribution in [0.1, 0.15) is 12.8 Å². The molecule has 0 spiro atoms. The summed E-state index contributed by atoms with van der Waals surface area (Å²) in [7, 11) is 0. The van der Waals surface area contributed by atoms with Crippen LogP contribution in [-0.2, 0) is 4.79 Å². The second-order valence-corrected chi connectivity index (χ2v) is 3.40. The van der Waals surface area contributed by atoms with Crippen molar-refractivity contribution in [1.82, 2.24) is 4.90 Å². The van der Waals surface area contributed by atoms with Crippen LogP contribution in [0.15, 0.2) is 0 Å². The summed E-state index contributed by atoms with van der Waals surface area (Å²) in [5.41, 5.74) is 0. The van der Waals surface area contributed by atoms with Crippen molar-refractivity contribution in [3.8, 4) is 12.3 Å². The second-order valence-electron chi connectivity index (χ2n) is 3.08. The minimum atomic E-state index is 0.0446. The quantitative estimate of drug-likeness (QED) is 0.504. The highest BCUT2D eigenvalue weighted by atomic mass is 32.1. The van der Waals surface area contributed by atoms with Gasteiger partial charge in [-0.1, -0.05) is 5.92 Å². The topological polar surface area (TPSA) is 20.3 Å². The van der Waals surface area contributed by atoms with Gasteiger partial charge in [0.25, 0.3) is 0 Å². The Labute approximate surface area is 78.7 Å². The number of thiol groups is 1. The minimum Gasteiger partial charge on any atom is -0.331 e. The van der Waals surface area contributed by atoms with Gasteiger partial charge in [0.2, 0.25) is 5.91 Å². The highest BCUT2D eigenvalue weighted by molar-refractivity contribution is 7.81. The van der Waals surface area contributed by atoms with Crippen molar-refractivity contribution in [3.63, 3.8) is 0 Å². The van der Waals surface area contributed by atoms with Crippen LogP contribution in [0.3, 0.4) is 0 Å². The van der Waals surface area contributed by atoms with Crippen LogP contribution in [0.25, 0.3) is 0 Å². The molecule has 12 heavy (non-hydrogen) atoms. The third-order valence-electron chi connectivity index (χ3n) is 1.95. The summed E-state index contributed by atoms with van der Waals surface area (Å²) in [6.45, 7) is 1.25. The average Bonchev–Trinajstić information content (AvgIpc) is 2.86. The predicted molar refractivity (Wildman–Crippen MR) is 52.0 cm³/mol. The highest BCUT2D eigenvalue weighted by Gasteiger charge is 2.25. The molecule has 1 amide bonds. The van der Waals surface area contributed by atoms with Gasteiger partial charge in [0.1, 0.15) is 0 Å². The number of hydrogen-bond donors (Lipinski definition) is 1. The number of rotatable bonds is 4. The maximum atomic E-state index is 11.2. The molecule has 1 fully saturated rings. The van der Waals surface area contributed by atoms with E-state index < -0.39 is 0 Å². The first kappa shape index (κ1) is 9.47. The van der Waals surface area contributed by atoms with Gasteiger partial charge in [-0.2, -0.15) is 12.6 Å². The molecule has 66 valence electrons.